The van der Waals surface area contributed by atoms with Gasteiger partial charge in [-0.15, -0.1) is 0 Å². The smallest absolute Gasteiger partial charge is 0.255 e. The zero-order chi connectivity index (χ0) is 18.8. The molecule has 4 rings (SSSR count). The van der Waals surface area contributed by atoms with Gasteiger partial charge in [0.25, 0.3) is 5.91 Å². The predicted molar refractivity (Wildman–Crippen MR) is 101 cm³/mol. The van der Waals surface area contributed by atoms with Gasteiger partial charge in [0, 0.05) is 42.5 Å². The van der Waals surface area contributed by atoms with E-state index < -0.39 is 11.6 Å². The molecule has 27 heavy (non-hydrogen) atoms. The topological polar surface area (TPSA) is 45.2 Å². The number of nitrogens with one attached hydrogen (secondary N) is 1. The van der Waals surface area contributed by atoms with Crippen LogP contribution in [-0.4, -0.2) is 34.9 Å². The summed E-state index contributed by atoms with van der Waals surface area (Å²) in [6.07, 6.45) is 3.31. The standard InChI is InChI=1S/C21H19F2N3O/c22-18-8-7-16(11-19(18)23)25-17-5-3-9-26(13-17)21(27)15-10-14-4-1-2-6-20(14)24-12-15/h1-2,4,6-8,10-12,17,25H,3,5,9,13H2. The van der Waals surface area contributed by atoms with E-state index >= 15 is 0 Å². The van der Waals surface area contributed by atoms with Gasteiger partial charge < -0.3 is 10.2 Å². The second-order valence-electron chi connectivity index (χ2n) is 6.78. The van der Waals surface area contributed by atoms with Gasteiger partial charge in [0.15, 0.2) is 11.6 Å². The van der Waals surface area contributed by atoms with Crippen LogP contribution in [0.2, 0.25) is 0 Å². The third-order valence-corrected chi connectivity index (χ3v) is 4.84. The minimum absolute atomic E-state index is 0.0130. The van der Waals surface area contributed by atoms with E-state index in [0.29, 0.717) is 24.3 Å². The summed E-state index contributed by atoms with van der Waals surface area (Å²) in [4.78, 5) is 19.0. The van der Waals surface area contributed by atoms with Crippen molar-refractivity contribution in [2.24, 2.45) is 0 Å². The fourth-order valence-corrected chi connectivity index (χ4v) is 3.47. The van der Waals surface area contributed by atoms with Crippen molar-refractivity contribution < 1.29 is 13.6 Å². The van der Waals surface area contributed by atoms with Crippen molar-refractivity contribution >= 4 is 22.5 Å². The Labute approximate surface area is 155 Å². The van der Waals surface area contributed by atoms with Crippen LogP contribution in [0, 0.1) is 11.6 Å². The van der Waals surface area contributed by atoms with Crippen molar-refractivity contribution in [3.05, 3.63) is 71.9 Å². The Bertz CT molecular complexity index is 992. The molecular formula is C21H19F2N3O. The highest BCUT2D eigenvalue weighted by Crippen LogP contribution is 2.21. The van der Waals surface area contributed by atoms with E-state index in [4.69, 9.17) is 0 Å². The van der Waals surface area contributed by atoms with Crippen molar-refractivity contribution in [2.75, 3.05) is 18.4 Å². The molecule has 6 heteroatoms. The van der Waals surface area contributed by atoms with Crippen LogP contribution in [0.25, 0.3) is 10.9 Å². The summed E-state index contributed by atoms with van der Waals surface area (Å²) in [6.45, 7) is 1.17. The number of hydrogen-bond donors (Lipinski definition) is 1. The molecule has 1 fully saturated rings. The first-order valence-corrected chi connectivity index (χ1v) is 8.96. The first kappa shape index (κ1) is 17.4. The monoisotopic (exact) mass is 367 g/mol. The number of piperidine rings is 1. The van der Waals surface area contributed by atoms with Crippen LogP contribution in [-0.2, 0) is 0 Å². The van der Waals surface area contributed by atoms with E-state index in [2.05, 4.69) is 10.3 Å². The average Bonchev–Trinajstić information content (AvgIpc) is 2.70. The highest BCUT2D eigenvalue weighted by Gasteiger charge is 2.25. The molecule has 3 aromatic rings. The van der Waals surface area contributed by atoms with Crippen LogP contribution < -0.4 is 5.32 Å². The number of hydrogen-bond acceptors (Lipinski definition) is 3. The first-order chi connectivity index (χ1) is 13.1. The lowest BCUT2D eigenvalue weighted by molar-refractivity contribution is 0.0714. The summed E-state index contributed by atoms with van der Waals surface area (Å²) in [7, 11) is 0. The predicted octanol–water partition coefficient (Wildman–Crippen LogP) is 4.23. The van der Waals surface area contributed by atoms with Crippen LogP contribution in [0.1, 0.15) is 23.2 Å². The Morgan fingerprint density at radius 1 is 1.11 bits per heavy atom. The molecule has 0 saturated carbocycles. The lowest BCUT2D eigenvalue weighted by Gasteiger charge is -2.33. The maximum atomic E-state index is 13.4. The SMILES string of the molecule is O=C(c1cnc2ccccc2c1)N1CCCC(Nc2ccc(F)c(F)c2)C1. The molecule has 1 aliphatic rings. The van der Waals surface area contributed by atoms with Crippen molar-refractivity contribution in [2.45, 2.75) is 18.9 Å². The molecule has 2 heterocycles. The molecule has 1 aliphatic heterocycles. The zero-order valence-corrected chi connectivity index (χ0v) is 14.7. The lowest BCUT2D eigenvalue weighted by atomic mass is 10.0. The fourth-order valence-electron chi connectivity index (χ4n) is 3.47. The molecule has 1 atom stereocenters. The number of para-hydroxylation sites is 1. The molecule has 0 radical (unpaired) electrons. The van der Waals surface area contributed by atoms with Gasteiger partial charge >= 0.3 is 0 Å². The molecule has 1 saturated heterocycles. The summed E-state index contributed by atoms with van der Waals surface area (Å²) in [5.41, 5.74) is 1.92. The second kappa shape index (κ2) is 7.31. The maximum Gasteiger partial charge on any atom is 0.255 e. The Hall–Kier alpha value is -3.02. The molecule has 138 valence electrons. The van der Waals surface area contributed by atoms with E-state index in [1.807, 2.05) is 30.3 Å². The van der Waals surface area contributed by atoms with Gasteiger partial charge in [0.1, 0.15) is 0 Å². The fraction of sp³-hybridized carbons (Fsp3) is 0.238. The number of anilines is 1. The van der Waals surface area contributed by atoms with Crippen molar-refractivity contribution in [3.63, 3.8) is 0 Å². The van der Waals surface area contributed by atoms with Crippen molar-refractivity contribution in [1.82, 2.24) is 9.88 Å². The Balaban J connectivity index is 1.48. The van der Waals surface area contributed by atoms with Crippen molar-refractivity contribution in [1.29, 1.82) is 0 Å². The van der Waals surface area contributed by atoms with Crippen molar-refractivity contribution in [3.8, 4) is 0 Å². The van der Waals surface area contributed by atoms with Crippen LogP contribution in [0.4, 0.5) is 14.5 Å². The third-order valence-electron chi connectivity index (χ3n) is 4.84. The third kappa shape index (κ3) is 3.74. The van der Waals surface area contributed by atoms with E-state index in [9.17, 15) is 13.6 Å². The van der Waals surface area contributed by atoms with Gasteiger partial charge in [0.05, 0.1) is 11.1 Å². The minimum Gasteiger partial charge on any atom is -0.380 e. The van der Waals surface area contributed by atoms with Crippen LogP contribution in [0.3, 0.4) is 0 Å². The molecule has 1 N–H and O–H groups in total. The largest absolute Gasteiger partial charge is 0.380 e. The number of halogens is 2. The molecular weight excluding hydrogens is 348 g/mol. The minimum atomic E-state index is -0.883. The Kier molecular flexibility index (Phi) is 4.71. The maximum absolute atomic E-state index is 13.4. The van der Waals surface area contributed by atoms with E-state index in [-0.39, 0.29) is 11.9 Å². The molecule has 1 unspecified atom stereocenters. The number of amides is 1. The average molecular weight is 367 g/mol. The van der Waals surface area contributed by atoms with Gasteiger partial charge in [-0.3, -0.25) is 9.78 Å². The van der Waals surface area contributed by atoms with Crippen LogP contribution >= 0.6 is 0 Å². The summed E-state index contributed by atoms with van der Waals surface area (Å²) >= 11 is 0. The molecule has 0 spiro atoms. The quantitative estimate of drug-likeness (QED) is 0.754. The molecule has 0 aliphatic carbocycles. The van der Waals surface area contributed by atoms with Crippen LogP contribution in [0.15, 0.2) is 54.7 Å². The molecule has 4 nitrogen and oxygen atoms in total. The van der Waals surface area contributed by atoms with Gasteiger partial charge in [0.2, 0.25) is 0 Å². The second-order valence-corrected chi connectivity index (χ2v) is 6.78. The molecule has 1 amide bonds. The zero-order valence-electron chi connectivity index (χ0n) is 14.7. The van der Waals surface area contributed by atoms with Crippen LogP contribution in [0.5, 0.6) is 0 Å². The number of carbonyl (C=O) groups excluding carboxylic acids is 1. The first-order valence-electron chi connectivity index (χ1n) is 8.96. The van der Waals surface area contributed by atoms with Gasteiger partial charge in [-0.1, -0.05) is 18.2 Å². The molecule has 2 aromatic carbocycles. The number of carbonyl (C=O) groups is 1. The van der Waals surface area contributed by atoms with E-state index in [1.165, 1.54) is 6.07 Å². The summed E-state index contributed by atoms with van der Waals surface area (Å²) in [5, 5.41) is 4.13. The number of likely N-dealkylation sites (tertiary alicyclic amines) is 1. The number of fused-ring (bicyclic) bond motifs is 1. The Morgan fingerprint density at radius 2 is 1.96 bits per heavy atom. The lowest BCUT2D eigenvalue weighted by Crippen LogP contribution is -2.45. The number of benzene rings is 2. The molecule has 1 aromatic heterocycles. The van der Waals surface area contributed by atoms with E-state index in [1.54, 1.807) is 11.1 Å². The number of rotatable bonds is 3. The number of aromatic nitrogens is 1. The summed E-state index contributed by atoms with van der Waals surface area (Å²) < 4.78 is 26.5. The highest BCUT2D eigenvalue weighted by atomic mass is 19.2. The number of nitrogens with zero attached hydrogens (tertiary/aromatic N) is 2. The molecule has 0 bridgehead atoms. The van der Waals surface area contributed by atoms with Gasteiger partial charge in [-0.2, -0.15) is 0 Å². The van der Waals surface area contributed by atoms with Gasteiger partial charge in [-0.05, 0) is 37.1 Å². The summed E-state index contributed by atoms with van der Waals surface area (Å²) in [5.74, 6) is -1.82. The highest BCUT2D eigenvalue weighted by molar-refractivity contribution is 5.97. The summed E-state index contributed by atoms with van der Waals surface area (Å²) in [6, 6.07) is 13.3. The number of pyridine rings is 1. The Morgan fingerprint density at radius 3 is 2.81 bits per heavy atom. The normalized spacial score (nSPS) is 17.1. The van der Waals surface area contributed by atoms with Gasteiger partial charge in [-0.25, -0.2) is 8.78 Å². The van der Waals surface area contributed by atoms with E-state index in [0.717, 1.165) is 35.9 Å².